The lowest BCUT2D eigenvalue weighted by Crippen LogP contribution is -2.28. The van der Waals surface area contributed by atoms with Crippen LogP contribution in [0.3, 0.4) is 0 Å². The van der Waals surface area contributed by atoms with Crippen LogP contribution in [0.25, 0.3) is 0 Å². The number of aromatic nitrogens is 2. The Balaban J connectivity index is 1.59. The molecule has 16 heavy (non-hydrogen) atoms. The molecule has 1 N–H and O–H groups in total. The van der Waals surface area contributed by atoms with Crippen LogP contribution in [-0.2, 0) is 0 Å². The first kappa shape index (κ1) is 10.3. The molecule has 1 saturated carbocycles. The van der Waals surface area contributed by atoms with E-state index in [2.05, 4.69) is 20.2 Å². The van der Waals surface area contributed by atoms with E-state index in [1.54, 1.807) is 6.20 Å². The molecular formula is C11H15ClN4. The van der Waals surface area contributed by atoms with E-state index in [-0.39, 0.29) is 0 Å². The van der Waals surface area contributed by atoms with Gasteiger partial charge in [0.2, 0.25) is 5.28 Å². The van der Waals surface area contributed by atoms with Gasteiger partial charge in [0, 0.05) is 31.4 Å². The fourth-order valence-corrected chi connectivity index (χ4v) is 2.45. The van der Waals surface area contributed by atoms with Crippen LogP contribution in [0.2, 0.25) is 5.28 Å². The molecule has 1 aromatic heterocycles. The fourth-order valence-electron chi connectivity index (χ4n) is 2.30. The number of nitrogens with zero attached hydrogens (tertiary/aromatic N) is 3. The summed E-state index contributed by atoms with van der Waals surface area (Å²) in [6.45, 7) is 2.34. The lowest BCUT2D eigenvalue weighted by molar-refractivity contribution is 0.326. The van der Waals surface area contributed by atoms with Crippen LogP contribution in [0.4, 0.5) is 5.82 Å². The van der Waals surface area contributed by atoms with E-state index < -0.39 is 0 Å². The molecule has 4 nitrogen and oxygen atoms in total. The monoisotopic (exact) mass is 238 g/mol. The van der Waals surface area contributed by atoms with E-state index >= 15 is 0 Å². The average Bonchev–Trinajstić information content (AvgIpc) is 3.01. The second-order valence-electron chi connectivity index (χ2n) is 4.57. The molecule has 1 aliphatic carbocycles. The van der Waals surface area contributed by atoms with Crippen molar-refractivity contribution in [2.24, 2.45) is 0 Å². The zero-order valence-electron chi connectivity index (χ0n) is 9.06. The number of hydrogen-bond acceptors (Lipinski definition) is 4. The summed E-state index contributed by atoms with van der Waals surface area (Å²) in [7, 11) is 0. The maximum atomic E-state index is 5.75. The Morgan fingerprint density at radius 3 is 3.00 bits per heavy atom. The molecule has 0 bridgehead atoms. The Morgan fingerprint density at radius 1 is 1.38 bits per heavy atom. The maximum absolute atomic E-state index is 5.75. The zero-order valence-corrected chi connectivity index (χ0v) is 9.82. The van der Waals surface area contributed by atoms with Gasteiger partial charge in [0.05, 0.1) is 0 Å². The number of likely N-dealkylation sites (tertiary alicyclic amines) is 1. The zero-order chi connectivity index (χ0) is 11.0. The van der Waals surface area contributed by atoms with Gasteiger partial charge in [0.25, 0.3) is 0 Å². The van der Waals surface area contributed by atoms with Crippen molar-refractivity contribution < 1.29 is 0 Å². The standard InChI is InChI=1S/C11H15ClN4/c12-11-13-5-3-10(15-11)14-8-4-6-16(7-8)9-1-2-9/h3,5,8-9H,1-2,4,6-7H2,(H,13,14,15). The molecule has 2 heterocycles. The van der Waals surface area contributed by atoms with Crippen LogP contribution in [0.15, 0.2) is 12.3 Å². The molecule has 1 aromatic rings. The van der Waals surface area contributed by atoms with E-state index in [1.165, 1.54) is 25.8 Å². The summed E-state index contributed by atoms with van der Waals surface area (Å²) in [5, 5.41) is 3.72. The molecule has 0 radical (unpaired) electrons. The third kappa shape index (κ3) is 2.28. The number of nitrogens with one attached hydrogen (secondary N) is 1. The second kappa shape index (κ2) is 4.18. The molecule has 5 heteroatoms. The van der Waals surface area contributed by atoms with Crippen molar-refractivity contribution in [1.82, 2.24) is 14.9 Å². The van der Waals surface area contributed by atoms with E-state index in [0.29, 0.717) is 11.3 Å². The third-order valence-corrected chi connectivity index (χ3v) is 3.44. The molecule has 1 atom stereocenters. The van der Waals surface area contributed by atoms with Crippen molar-refractivity contribution in [3.05, 3.63) is 17.5 Å². The first-order valence-corrected chi connectivity index (χ1v) is 6.18. The molecular weight excluding hydrogens is 224 g/mol. The quantitative estimate of drug-likeness (QED) is 0.816. The van der Waals surface area contributed by atoms with Gasteiger partial charge < -0.3 is 5.32 Å². The topological polar surface area (TPSA) is 41.1 Å². The number of halogens is 1. The minimum absolute atomic E-state index is 0.307. The van der Waals surface area contributed by atoms with Crippen LogP contribution < -0.4 is 5.32 Å². The fraction of sp³-hybridized carbons (Fsp3) is 0.636. The van der Waals surface area contributed by atoms with Gasteiger partial charge in [-0.3, -0.25) is 4.90 Å². The first-order chi connectivity index (χ1) is 7.81. The van der Waals surface area contributed by atoms with Crippen LogP contribution >= 0.6 is 11.6 Å². The van der Waals surface area contributed by atoms with E-state index in [0.717, 1.165) is 18.4 Å². The summed E-state index contributed by atoms with van der Waals surface area (Å²) < 4.78 is 0. The van der Waals surface area contributed by atoms with Crippen molar-refractivity contribution in [1.29, 1.82) is 0 Å². The van der Waals surface area contributed by atoms with Gasteiger partial charge in [-0.15, -0.1) is 0 Å². The Kier molecular flexibility index (Phi) is 2.69. The Hall–Kier alpha value is -0.870. The van der Waals surface area contributed by atoms with Gasteiger partial charge >= 0.3 is 0 Å². The van der Waals surface area contributed by atoms with E-state index in [9.17, 15) is 0 Å². The molecule has 2 aliphatic rings. The van der Waals surface area contributed by atoms with Gasteiger partial charge in [-0.05, 0) is 36.9 Å². The van der Waals surface area contributed by atoms with Crippen molar-refractivity contribution >= 4 is 17.4 Å². The molecule has 0 spiro atoms. The van der Waals surface area contributed by atoms with Crippen LogP contribution in [0, 0.1) is 0 Å². The summed E-state index contributed by atoms with van der Waals surface area (Å²) in [5.41, 5.74) is 0. The highest BCUT2D eigenvalue weighted by Crippen LogP contribution is 2.30. The van der Waals surface area contributed by atoms with Crippen LogP contribution in [-0.4, -0.2) is 40.0 Å². The van der Waals surface area contributed by atoms with Crippen LogP contribution in [0.5, 0.6) is 0 Å². The first-order valence-electron chi connectivity index (χ1n) is 5.80. The van der Waals surface area contributed by atoms with Gasteiger partial charge in [0.1, 0.15) is 5.82 Å². The Bertz CT molecular complexity index is 380. The van der Waals surface area contributed by atoms with E-state index in [1.807, 2.05) is 6.07 Å². The van der Waals surface area contributed by atoms with Crippen molar-refractivity contribution in [3.8, 4) is 0 Å². The van der Waals surface area contributed by atoms with Crippen LogP contribution in [0.1, 0.15) is 19.3 Å². The molecule has 86 valence electrons. The predicted molar refractivity (Wildman–Crippen MR) is 63.7 cm³/mol. The minimum Gasteiger partial charge on any atom is -0.366 e. The summed E-state index contributed by atoms with van der Waals surface area (Å²) in [4.78, 5) is 10.6. The summed E-state index contributed by atoms with van der Waals surface area (Å²) in [6.07, 6.45) is 5.64. The third-order valence-electron chi connectivity index (χ3n) is 3.26. The molecule has 0 aromatic carbocycles. The van der Waals surface area contributed by atoms with Gasteiger partial charge in [-0.25, -0.2) is 9.97 Å². The predicted octanol–water partition coefficient (Wildman–Crippen LogP) is 1.78. The molecule has 3 rings (SSSR count). The minimum atomic E-state index is 0.307. The van der Waals surface area contributed by atoms with Gasteiger partial charge in [-0.2, -0.15) is 0 Å². The summed E-state index contributed by atoms with van der Waals surface area (Å²) >= 11 is 5.75. The molecule has 2 fully saturated rings. The number of anilines is 1. The molecule has 0 amide bonds. The SMILES string of the molecule is Clc1nccc(NC2CCN(C3CC3)C2)n1. The maximum Gasteiger partial charge on any atom is 0.224 e. The van der Waals surface area contributed by atoms with Crippen molar-refractivity contribution in [3.63, 3.8) is 0 Å². The Labute approximate surface area is 100 Å². The average molecular weight is 239 g/mol. The normalized spacial score (nSPS) is 25.9. The molecule has 1 saturated heterocycles. The number of hydrogen-bond donors (Lipinski definition) is 1. The van der Waals surface area contributed by atoms with Gasteiger partial charge in [0.15, 0.2) is 0 Å². The molecule has 1 aliphatic heterocycles. The van der Waals surface area contributed by atoms with Gasteiger partial charge in [-0.1, -0.05) is 0 Å². The van der Waals surface area contributed by atoms with Crippen molar-refractivity contribution in [2.75, 3.05) is 18.4 Å². The lowest BCUT2D eigenvalue weighted by Gasteiger charge is -2.15. The highest BCUT2D eigenvalue weighted by Gasteiger charge is 2.34. The second-order valence-corrected chi connectivity index (χ2v) is 4.91. The van der Waals surface area contributed by atoms with Crippen molar-refractivity contribution in [2.45, 2.75) is 31.3 Å². The smallest absolute Gasteiger partial charge is 0.224 e. The van der Waals surface area contributed by atoms with E-state index in [4.69, 9.17) is 11.6 Å². The highest BCUT2D eigenvalue weighted by molar-refractivity contribution is 6.28. The largest absolute Gasteiger partial charge is 0.366 e. The lowest BCUT2D eigenvalue weighted by atomic mass is 10.2. The summed E-state index contributed by atoms with van der Waals surface area (Å²) in [6, 6.07) is 3.23. The Morgan fingerprint density at radius 2 is 2.25 bits per heavy atom. The summed E-state index contributed by atoms with van der Waals surface area (Å²) in [5.74, 6) is 0.836. The molecule has 1 unspecified atom stereocenters. The highest BCUT2D eigenvalue weighted by atomic mass is 35.5. The number of rotatable bonds is 3.